The van der Waals surface area contributed by atoms with E-state index in [-0.39, 0.29) is 41.1 Å². The van der Waals surface area contributed by atoms with E-state index in [9.17, 15) is 4.57 Å². The van der Waals surface area contributed by atoms with Gasteiger partial charge in [0.1, 0.15) is 28.7 Å². The van der Waals surface area contributed by atoms with Crippen molar-refractivity contribution in [2.45, 2.75) is 26.8 Å². The third-order valence-electron chi connectivity index (χ3n) is 1.16. The standard InChI is InChI=1S/C6H6O2.2C2H4O2.C2H7OPSi.CH4O.2Al.H2O2.O.Pd/c7-5-1-2-6(8)4-3-5;2*1-2(3)4;1-2-5-4-3;1-2;;;1-2;;/h1-4,7-8H;2*1H3,(H,3,4);2,5H2,1H3;2H,1H3;;;1-2H;;/q;;;;;;+2;;;/p-1. The summed E-state index contributed by atoms with van der Waals surface area (Å²) in [4.78, 5) is 18.0. The Morgan fingerprint density at radius 1 is 1.03 bits per heavy atom. The molecular formula is C13H26Al2O11PPdSi+. The maximum Gasteiger partial charge on any atom is 0 e. The minimum Gasteiger partial charge on any atom is 0 e. The van der Waals surface area contributed by atoms with E-state index in [2.05, 4.69) is 10.9 Å². The van der Waals surface area contributed by atoms with Gasteiger partial charge in [-0.25, -0.2) is 0 Å². The topological polar surface area (TPSA) is 199 Å². The Hall–Kier alpha value is -0.516. The molecule has 0 spiro atoms. The number of carbonyl (C=O) groups is 2. The van der Waals surface area contributed by atoms with Crippen LogP contribution in [0.25, 0.3) is 0 Å². The van der Waals surface area contributed by atoms with E-state index in [4.69, 9.17) is 44.2 Å². The molecule has 0 aliphatic heterocycles. The molecule has 16 heteroatoms. The number of aliphatic carboxylic acids is 2. The van der Waals surface area contributed by atoms with Crippen LogP contribution in [0.3, 0.4) is 0 Å². The Morgan fingerprint density at radius 2 is 1.21 bits per heavy atom. The normalized spacial score (nSPS) is 7.03. The van der Waals surface area contributed by atoms with Crippen molar-refractivity contribution in [1.29, 1.82) is 0 Å². The monoisotopic (exact) mass is 577 g/mol. The number of rotatable bonds is 2. The van der Waals surface area contributed by atoms with Crippen molar-refractivity contribution < 1.29 is 73.1 Å². The second kappa shape index (κ2) is 50.8. The van der Waals surface area contributed by atoms with Gasteiger partial charge in [-0.15, -0.1) is 0 Å². The van der Waals surface area contributed by atoms with Crippen molar-refractivity contribution in [2.75, 3.05) is 7.11 Å². The van der Waals surface area contributed by atoms with E-state index in [0.717, 1.165) is 27.0 Å². The first kappa shape index (κ1) is 46.6. The van der Waals surface area contributed by atoms with Gasteiger partial charge in [-0.05, 0) is 24.3 Å². The summed E-state index contributed by atoms with van der Waals surface area (Å²) in [6, 6.07) is 6.86. The van der Waals surface area contributed by atoms with Gasteiger partial charge in [0.05, 0.1) is 0 Å². The Labute approximate surface area is 204 Å². The molecule has 11 nitrogen and oxygen atoms in total. The van der Waals surface area contributed by atoms with Crippen LogP contribution in [0.15, 0.2) is 24.3 Å². The van der Waals surface area contributed by atoms with Crippen LogP contribution in [0.4, 0.5) is 0 Å². The van der Waals surface area contributed by atoms with Gasteiger partial charge in [-0.3, -0.25) is 14.2 Å². The first-order chi connectivity index (χ1) is 13.1. The van der Waals surface area contributed by atoms with Crippen molar-refractivity contribution in [3.8, 4) is 11.5 Å². The number of carboxylic acids is 2. The number of benzene rings is 1. The molecule has 0 aliphatic rings. The number of hydrogen-bond donors (Lipinski definition) is 6. The maximum atomic E-state index is 9.56. The van der Waals surface area contributed by atoms with E-state index < -0.39 is 11.9 Å². The van der Waals surface area contributed by atoms with Crippen LogP contribution in [-0.2, 0) is 42.3 Å². The van der Waals surface area contributed by atoms with E-state index in [1.165, 1.54) is 40.5 Å². The zero-order valence-corrected chi connectivity index (χ0v) is 22.5. The molecule has 0 bridgehead atoms. The van der Waals surface area contributed by atoms with Crippen molar-refractivity contribution in [2.24, 2.45) is 0 Å². The Kier molecular flexibility index (Phi) is 81.6. The predicted octanol–water partition coefficient (Wildman–Crippen LogP) is 0.746. The molecule has 1 aromatic carbocycles. The molecule has 0 atom stereocenters. The van der Waals surface area contributed by atoms with Crippen LogP contribution < -0.4 is 0 Å². The van der Waals surface area contributed by atoms with Crippen LogP contribution in [0.2, 0.25) is 6.04 Å². The molecule has 0 aliphatic carbocycles. The van der Waals surface area contributed by atoms with Crippen LogP contribution in [-0.4, -0.2) is 91.9 Å². The second-order valence-electron chi connectivity index (χ2n) is 3.51. The van der Waals surface area contributed by atoms with Crippen molar-refractivity contribution in [1.82, 2.24) is 0 Å². The first-order valence-corrected chi connectivity index (χ1v) is 11.8. The fraction of sp³-hybridized carbons (Fsp3) is 0.385. The summed E-state index contributed by atoms with van der Waals surface area (Å²) in [5.74, 6) is -1.33. The predicted molar refractivity (Wildman–Crippen MR) is 107 cm³/mol. The van der Waals surface area contributed by atoms with E-state index in [1.807, 2.05) is 0 Å². The number of aliphatic hydroxyl groups excluding tert-OH is 1. The third kappa shape index (κ3) is 135. The summed E-state index contributed by atoms with van der Waals surface area (Å²) in [5.41, 5.74) is 0. The molecular weight excluding hydrogens is 552 g/mol. The third-order valence-corrected chi connectivity index (χ3v) is 3.68. The zero-order valence-electron chi connectivity index (χ0n) is 16.4. The average molecular weight is 578 g/mol. The van der Waals surface area contributed by atoms with Crippen LogP contribution in [0, 0.1) is 0 Å². The van der Waals surface area contributed by atoms with Crippen molar-refractivity contribution >= 4 is 62.0 Å². The van der Waals surface area contributed by atoms with Crippen molar-refractivity contribution in [3.63, 3.8) is 0 Å². The minimum absolute atomic E-state index is 0. The molecule has 0 amide bonds. The fourth-order valence-corrected chi connectivity index (χ4v) is 1.27. The van der Waals surface area contributed by atoms with Gasteiger partial charge < -0.3 is 25.5 Å². The summed E-state index contributed by atoms with van der Waals surface area (Å²) in [6.45, 7) is 4.23. The van der Waals surface area contributed by atoms with E-state index >= 15 is 0 Å². The van der Waals surface area contributed by atoms with Crippen LogP contribution >= 0.6 is 8.01 Å². The smallest absolute Gasteiger partial charge is 0 e. The summed E-state index contributed by atoms with van der Waals surface area (Å²) in [7, 11) is 1.27. The molecule has 0 unspecified atom stereocenters. The summed E-state index contributed by atoms with van der Waals surface area (Å²) >= 11 is 2.80. The molecule has 0 saturated carbocycles. The Morgan fingerprint density at radius 3 is 1.28 bits per heavy atom. The second-order valence-corrected chi connectivity index (χ2v) is 7.55. The van der Waals surface area contributed by atoms with Gasteiger partial charge in [0, 0.05) is 41.4 Å². The number of aromatic hydroxyl groups is 2. The van der Waals surface area contributed by atoms with Gasteiger partial charge >= 0.3 is 45.8 Å². The fourth-order valence-electron chi connectivity index (χ4n) is 0.544. The maximum absolute atomic E-state index is 9.56. The molecule has 1 rings (SSSR count). The van der Waals surface area contributed by atoms with Gasteiger partial charge in [-0.1, -0.05) is 13.0 Å². The molecule has 2 radical (unpaired) electrons. The molecule has 6 N–H and O–H groups in total. The Bertz CT molecular complexity index is 404. The Balaban J connectivity index is -0.0000000413. The number of aliphatic hydroxyl groups is 1. The first-order valence-electron chi connectivity index (χ1n) is 6.93. The van der Waals surface area contributed by atoms with Gasteiger partial charge in [0.25, 0.3) is 11.9 Å². The van der Waals surface area contributed by atoms with Crippen LogP contribution in [0.5, 0.6) is 11.5 Å². The molecule has 168 valence electrons. The average Bonchev–Trinajstić information content (AvgIpc) is 2.62. The zero-order chi connectivity index (χ0) is 24.0. The SMILES string of the molecule is CC(=O)O.CC(=O)O.CC[SiH2]P=O.CO.O[O][Al+].Oc1ccc(O)cc1.[O]=[Al].[Pd]. The molecule has 0 aromatic heterocycles. The molecule has 0 saturated heterocycles. The van der Waals surface area contributed by atoms with Gasteiger partial charge in [-0.2, -0.15) is 0 Å². The number of phenolic OH excluding ortho intramolecular Hbond substituents is 2. The van der Waals surface area contributed by atoms with Crippen molar-refractivity contribution in [3.05, 3.63) is 24.3 Å². The van der Waals surface area contributed by atoms with E-state index in [0.29, 0.717) is 8.01 Å². The minimum atomic E-state index is -0.833. The quantitative estimate of drug-likeness (QED) is 0.0953. The summed E-state index contributed by atoms with van der Waals surface area (Å²) in [5, 5.41) is 46.2. The molecule has 29 heavy (non-hydrogen) atoms. The summed E-state index contributed by atoms with van der Waals surface area (Å²) in [6.07, 6.45) is 0. The molecule has 1 aromatic rings. The van der Waals surface area contributed by atoms with Gasteiger partial charge in [0.15, 0.2) is 0 Å². The molecule has 0 heterocycles. The number of carboxylic acid groups (broad SMARTS) is 2. The van der Waals surface area contributed by atoms with Crippen LogP contribution in [0.1, 0.15) is 20.8 Å². The largest absolute Gasteiger partial charge is 0 e. The molecule has 0 fully saturated rings. The van der Waals surface area contributed by atoms with Gasteiger partial charge in [0.2, 0.25) is 0 Å². The number of hydrogen-bond acceptors (Lipinski definition) is 9. The summed E-state index contributed by atoms with van der Waals surface area (Å²) < 4.78 is 20.9. The number of phenols is 2. The van der Waals surface area contributed by atoms with E-state index in [1.54, 1.807) is 16.6 Å².